The van der Waals surface area contributed by atoms with Crippen molar-refractivity contribution in [1.29, 1.82) is 0 Å². The molecular formula is C9H7F4NO. The van der Waals surface area contributed by atoms with Crippen molar-refractivity contribution in [2.75, 3.05) is 5.32 Å². The summed E-state index contributed by atoms with van der Waals surface area (Å²) in [7, 11) is 0. The summed E-state index contributed by atoms with van der Waals surface area (Å²) in [6.07, 6.45) is -4.94. The fraction of sp³-hybridized carbons (Fsp3) is 0.222. The fourth-order valence-electron chi connectivity index (χ4n) is 0.934. The zero-order valence-electron chi connectivity index (χ0n) is 7.44. The predicted molar refractivity (Wildman–Crippen MR) is 45.9 cm³/mol. The number of carbonyl (C=O) groups is 1. The van der Waals surface area contributed by atoms with E-state index in [4.69, 9.17) is 0 Å². The molecule has 0 heterocycles. The number of amides is 1. The number of anilines is 1. The molecule has 6 heteroatoms. The maximum Gasteiger partial charge on any atom is 0.471 e. The quantitative estimate of drug-likeness (QED) is 0.764. The van der Waals surface area contributed by atoms with E-state index < -0.39 is 18.8 Å². The van der Waals surface area contributed by atoms with Crippen LogP contribution < -0.4 is 5.32 Å². The molecule has 0 aliphatic heterocycles. The van der Waals surface area contributed by atoms with E-state index in [0.717, 1.165) is 6.07 Å². The summed E-state index contributed by atoms with van der Waals surface area (Å²) < 4.78 is 47.6. The molecule has 0 spiro atoms. The number of hydrogen-bond acceptors (Lipinski definition) is 1. The first-order chi connectivity index (χ1) is 6.93. The highest BCUT2D eigenvalue weighted by Gasteiger charge is 2.38. The highest BCUT2D eigenvalue weighted by Crippen LogP contribution is 2.19. The van der Waals surface area contributed by atoms with Crippen LogP contribution in [0.2, 0.25) is 0 Å². The SMILES string of the molecule is O=C(Nc1cccc(CF)c1)C(F)(F)F. The van der Waals surface area contributed by atoms with Gasteiger partial charge in [0.1, 0.15) is 6.67 Å². The number of alkyl halides is 4. The monoisotopic (exact) mass is 221 g/mol. The van der Waals surface area contributed by atoms with Gasteiger partial charge in [-0.25, -0.2) is 4.39 Å². The van der Waals surface area contributed by atoms with Crippen molar-refractivity contribution < 1.29 is 22.4 Å². The van der Waals surface area contributed by atoms with Crippen LogP contribution in [0.15, 0.2) is 24.3 Å². The van der Waals surface area contributed by atoms with E-state index in [1.54, 1.807) is 5.32 Å². The van der Waals surface area contributed by atoms with Gasteiger partial charge >= 0.3 is 12.1 Å². The number of carbonyl (C=O) groups excluding carboxylic acids is 1. The van der Waals surface area contributed by atoms with Crippen LogP contribution in [-0.4, -0.2) is 12.1 Å². The third kappa shape index (κ3) is 3.23. The van der Waals surface area contributed by atoms with Gasteiger partial charge in [0.2, 0.25) is 0 Å². The Labute approximate surface area is 82.9 Å². The molecule has 1 rings (SSSR count). The highest BCUT2D eigenvalue weighted by atomic mass is 19.4. The third-order valence-electron chi connectivity index (χ3n) is 1.60. The Morgan fingerprint density at radius 1 is 1.33 bits per heavy atom. The first kappa shape index (κ1) is 11.5. The summed E-state index contributed by atoms with van der Waals surface area (Å²) in [5, 5.41) is 1.63. The largest absolute Gasteiger partial charge is 0.471 e. The van der Waals surface area contributed by atoms with E-state index in [9.17, 15) is 22.4 Å². The minimum absolute atomic E-state index is 0.0764. The van der Waals surface area contributed by atoms with E-state index in [2.05, 4.69) is 0 Å². The first-order valence-electron chi connectivity index (χ1n) is 3.96. The van der Waals surface area contributed by atoms with Crippen LogP contribution in [0.5, 0.6) is 0 Å². The van der Waals surface area contributed by atoms with Crippen molar-refractivity contribution in [3.05, 3.63) is 29.8 Å². The summed E-state index contributed by atoms with van der Waals surface area (Å²) in [6, 6.07) is 5.16. The topological polar surface area (TPSA) is 29.1 Å². The van der Waals surface area contributed by atoms with Gasteiger partial charge in [-0.05, 0) is 17.7 Å². The molecule has 1 aromatic rings. The van der Waals surface area contributed by atoms with Crippen molar-refractivity contribution in [1.82, 2.24) is 0 Å². The molecule has 1 N–H and O–H groups in total. The Bertz CT molecular complexity index is 361. The summed E-state index contributed by atoms with van der Waals surface area (Å²) in [5.74, 6) is -2.07. The van der Waals surface area contributed by atoms with Gasteiger partial charge < -0.3 is 5.32 Å². The zero-order chi connectivity index (χ0) is 11.5. The molecule has 0 aliphatic carbocycles. The van der Waals surface area contributed by atoms with Crippen LogP contribution in [0.1, 0.15) is 5.56 Å². The number of nitrogens with one attached hydrogen (secondary N) is 1. The molecule has 15 heavy (non-hydrogen) atoms. The molecule has 1 amide bonds. The summed E-state index contributed by atoms with van der Waals surface area (Å²) in [5.41, 5.74) is 0.127. The Kier molecular flexibility index (Phi) is 3.28. The van der Waals surface area contributed by atoms with Gasteiger partial charge in [0.15, 0.2) is 0 Å². The Morgan fingerprint density at radius 2 is 2.00 bits per heavy atom. The average Bonchev–Trinajstić information content (AvgIpc) is 2.16. The lowest BCUT2D eigenvalue weighted by Crippen LogP contribution is -2.29. The van der Waals surface area contributed by atoms with E-state index in [0.29, 0.717) is 0 Å². The van der Waals surface area contributed by atoms with E-state index >= 15 is 0 Å². The minimum Gasteiger partial charge on any atom is -0.318 e. The Hall–Kier alpha value is -1.59. The molecule has 82 valence electrons. The average molecular weight is 221 g/mol. The van der Waals surface area contributed by atoms with Gasteiger partial charge in [0, 0.05) is 5.69 Å². The molecule has 0 aliphatic rings. The van der Waals surface area contributed by atoms with Crippen LogP contribution in [0.3, 0.4) is 0 Å². The van der Waals surface area contributed by atoms with Crippen LogP contribution in [0, 0.1) is 0 Å². The maximum absolute atomic E-state index is 12.1. The standard InChI is InChI=1S/C9H7F4NO/c10-5-6-2-1-3-7(4-6)14-8(15)9(11,12)13/h1-4H,5H2,(H,14,15). The van der Waals surface area contributed by atoms with Crippen molar-refractivity contribution >= 4 is 11.6 Å². The molecule has 0 saturated heterocycles. The third-order valence-corrected chi connectivity index (χ3v) is 1.60. The molecule has 0 aromatic heterocycles. The molecule has 0 bridgehead atoms. The van der Waals surface area contributed by atoms with Crippen LogP contribution in [0.25, 0.3) is 0 Å². The molecule has 0 unspecified atom stereocenters. The van der Waals surface area contributed by atoms with Gasteiger partial charge in [0.25, 0.3) is 0 Å². The molecule has 0 radical (unpaired) electrons. The minimum atomic E-state index is -4.94. The van der Waals surface area contributed by atoms with Gasteiger partial charge in [0.05, 0.1) is 0 Å². The molecular weight excluding hydrogens is 214 g/mol. The zero-order valence-corrected chi connectivity index (χ0v) is 7.44. The summed E-state index contributed by atoms with van der Waals surface area (Å²) >= 11 is 0. The highest BCUT2D eigenvalue weighted by molar-refractivity contribution is 5.94. The van der Waals surface area contributed by atoms with Gasteiger partial charge in [-0.15, -0.1) is 0 Å². The van der Waals surface area contributed by atoms with E-state index in [1.807, 2.05) is 0 Å². The number of hydrogen-bond donors (Lipinski definition) is 1. The molecule has 2 nitrogen and oxygen atoms in total. The molecule has 0 saturated carbocycles. The number of halogens is 4. The molecule has 0 atom stereocenters. The van der Waals surface area contributed by atoms with E-state index in [1.165, 1.54) is 18.2 Å². The maximum atomic E-state index is 12.1. The van der Waals surface area contributed by atoms with Crippen LogP contribution >= 0.6 is 0 Å². The van der Waals surface area contributed by atoms with Crippen molar-refractivity contribution in [3.8, 4) is 0 Å². The van der Waals surface area contributed by atoms with Gasteiger partial charge in [-0.1, -0.05) is 12.1 Å². The lowest BCUT2D eigenvalue weighted by atomic mass is 10.2. The van der Waals surface area contributed by atoms with Crippen molar-refractivity contribution in [2.45, 2.75) is 12.9 Å². The first-order valence-corrected chi connectivity index (χ1v) is 3.96. The van der Waals surface area contributed by atoms with Gasteiger partial charge in [-0.3, -0.25) is 4.79 Å². The normalized spacial score (nSPS) is 11.2. The van der Waals surface area contributed by atoms with Crippen LogP contribution in [0.4, 0.5) is 23.2 Å². The lowest BCUT2D eigenvalue weighted by molar-refractivity contribution is -0.167. The van der Waals surface area contributed by atoms with Crippen LogP contribution in [-0.2, 0) is 11.5 Å². The number of rotatable bonds is 2. The van der Waals surface area contributed by atoms with Gasteiger partial charge in [-0.2, -0.15) is 13.2 Å². The predicted octanol–water partition coefficient (Wildman–Crippen LogP) is 2.66. The second kappa shape index (κ2) is 4.29. The van der Waals surface area contributed by atoms with E-state index in [-0.39, 0.29) is 11.3 Å². The Morgan fingerprint density at radius 3 is 2.53 bits per heavy atom. The second-order valence-electron chi connectivity index (χ2n) is 2.79. The van der Waals surface area contributed by atoms with Crippen molar-refractivity contribution in [3.63, 3.8) is 0 Å². The molecule has 0 fully saturated rings. The number of benzene rings is 1. The van der Waals surface area contributed by atoms with Crippen molar-refractivity contribution in [2.24, 2.45) is 0 Å². The Balaban J connectivity index is 2.77. The smallest absolute Gasteiger partial charge is 0.318 e. The fourth-order valence-corrected chi connectivity index (χ4v) is 0.934. The second-order valence-corrected chi connectivity index (χ2v) is 2.79. The summed E-state index contributed by atoms with van der Waals surface area (Å²) in [4.78, 5) is 10.5. The summed E-state index contributed by atoms with van der Waals surface area (Å²) in [6.45, 7) is -0.796. The molecule has 1 aromatic carbocycles. The lowest BCUT2D eigenvalue weighted by Gasteiger charge is -2.08.